The van der Waals surface area contributed by atoms with E-state index in [0.717, 1.165) is 12.1 Å². The lowest BCUT2D eigenvalue weighted by Gasteiger charge is -2.38. The number of piperazine rings is 1. The largest absolute Gasteiger partial charge is 0.336 e. The highest BCUT2D eigenvalue weighted by molar-refractivity contribution is 7.80. The Morgan fingerprint density at radius 2 is 1.62 bits per heavy atom. The molecule has 1 heterocycles. The predicted octanol–water partition coefficient (Wildman–Crippen LogP) is 3.17. The van der Waals surface area contributed by atoms with Crippen molar-refractivity contribution in [3.63, 3.8) is 0 Å². The van der Waals surface area contributed by atoms with Crippen LogP contribution in [-0.4, -0.2) is 50.6 Å². The van der Waals surface area contributed by atoms with Gasteiger partial charge >= 0.3 is 0 Å². The van der Waals surface area contributed by atoms with Gasteiger partial charge < -0.3 is 4.90 Å². The molecule has 3 rings (SSSR count). The third kappa shape index (κ3) is 4.77. The molecule has 2 unspecified atom stereocenters. The lowest BCUT2D eigenvalue weighted by atomic mass is 10.0. The molecular formula is C19H20F3N3O3S. The number of carbonyl (C=O) groups is 1. The van der Waals surface area contributed by atoms with Crippen LogP contribution in [-0.2, 0) is 11.3 Å². The van der Waals surface area contributed by atoms with E-state index in [1.54, 1.807) is 28.9 Å². The normalized spacial score (nSPS) is 17.1. The molecule has 0 spiro atoms. The van der Waals surface area contributed by atoms with Crippen molar-refractivity contribution in [3.05, 3.63) is 65.0 Å². The lowest BCUT2D eigenvalue weighted by Crippen LogP contribution is -2.49. The van der Waals surface area contributed by atoms with Crippen molar-refractivity contribution >= 4 is 22.9 Å². The summed E-state index contributed by atoms with van der Waals surface area (Å²) in [4.78, 5) is 16.1. The number of rotatable bonds is 5. The zero-order valence-electron chi connectivity index (χ0n) is 15.6. The van der Waals surface area contributed by atoms with Crippen LogP contribution < -0.4 is 4.72 Å². The number of nitrogens with zero attached hydrogens (tertiary/aromatic N) is 2. The second-order valence-electron chi connectivity index (χ2n) is 6.69. The van der Waals surface area contributed by atoms with Crippen molar-refractivity contribution in [2.45, 2.75) is 13.0 Å². The van der Waals surface area contributed by atoms with Gasteiger partial charge in [-0.1, -0.05) is 0 Å². The van der Waals surface area contributed by atoms with Gasteiger partial charge in [0.15, 0.2) is 11.6 Å². The van der Waals surface area contributed by atoms with Gasteiger partial charge in [0.25, 0.3) is 17.2 Å². The SMILES string of the molecule is CC(c1c(F)ccc(F)c1F)N1CCN(C(=O)c2ccc(NS(=O)O)cc2)CC1. The highest BCUT2D eigenvalue weighted by atomic mass is 32.2. The number of carbonyl (C=O) groups excluding carboxylic acids is 1. The van der Waals surface area contributed by atoms with Crippen LogP contribution >= 0.6 is 0 Å². The highest BCUT2D eigenvalue weighted by Crippen LogP contribution is 2.28. The molecule has 0 saturated carbocycles. The van der Waals surface area contributed by atoms with Crippen LogP contribution in [0.5, 0.6) is 0 Å². The van der Waals surface area contributed by atoms with Crippen LogP contribution in [0.4, 0.5) is 18.9 Å². The first-order chi connectivity index (χ1) is 13.8. The molecule has 2 N–H and O–H groups in total. The van der Waals surface area contributed by atoms with Gasteiger partial charge in [0.2, 0.25) is 0 Å². The molecule has 6 nitrogen and oxygen atoms in total. The van der Waals surface area contributed by atoms with Crippen molar-refractivity contribution < 1.29 is 26.7 Å². The maximum Gasteiger partial charge on any atom is 0.259 e. The second-order valence-corrected chi connectivity index (χ2v) is 7.39. The van der Waals surface area contributed by atoms with Gasteiger partial charge in [-0.3, -0.25) is 19.0 Å². The first kappa shape index (κ1) is 21.3. The molecule has 156 valence electrons. The molecule has 0 aliphatic carbocycles. The second kappa shape index (κ2) is 8.93. The standard InChI is InChI=1S/C19H20F3N3O3S/c1-12(17-15(20)6-7-16(21)18(17)22)24-8-10-25(11-9-24)19(26)13-2-4-14(5-3-13)23-29(27)28/h2-7,12,23H,8-11H2,1H3,(H,27,28). The fourth-order valence-corrected chi connectivity index (χ4v) is 3.72. The Bertz CT molecular complexity index is 919. The summed E-state index contributed by atoms with van der Waals surface area (Å²) < 4.78 is 63.4. The fourth-order valence-electron chi connectivity index (χ4n) is 3.38. The van der Waals surface area contributed by atoms with Crippen LogP contribution in [0, 0.1) is 17.5 Å². The molecule has 1 aliphatic rings. The monoisotopic (exact) mass is 427 g/mol. The van der Waals surface area contributed by atoms with Crippen LogP contribution in [0.1, 0.15) is 28.9 Å². The van der Waals surface area contributed by atoms with Crippen LogP contribution in [0.3, 0.4) is 0 Å². The number of halogens is 3. The Hall–Kier alpha value is -2.43. The van der Waals surface area contributed by atoms with E-state index in [4.69, 9.17) is 4.55 Å². The van der Waals surface area contributed by atoms with Gasteiger partial charge in [-0.2, -0.15) is 0 Å². The Balaban J connectivity index is 1.64. The fraction of sp³-hybridized carbons (Fsp3) is 0.316. The summed E-state index contributed by atoms with van der Waals surface area (Å²) in [5.74, 6) is -3.29. The molecule has 0 aromatic heterocycles. The van der Waals surface area contributed by atoms with E-state index in [-0.39, 0.29) is 11.5 Å². The third-order valence-corrected chi connectivity index (χ3v) is 5.39. The molecule has 2 atom stereocenters. The first-order valence-electron chi connectivity index (χ1n) is 8.92. The van der Waals surface area contributed by atoms with Gasteiger partial charge in [0.1, 0.15) is 5.82 Å². The minimum absolute atomic E-state index is 0.211. The minimum Gasteiger partial charge on any atom is -0.336 e. The number of hydrogen-bond donors (Lipinski definition) is 2. The number of nitrogens with one attached hydrogen (secondary N) is 1. The highest BCUT2D eigenvalue weighted by Gasteiger charge is 2.29. The molecule has 0 radical (unpaired) electrons. The van der Waals surface area contributed by atoms with E-state index in [9.17, 15) is 22.2 Å². The van der Waals surface area contributed by atoms with E-state index in [0.29, 0.717) is 37.4 Å². The molecule has 1 saturated heterocycles. The summed E-state index contributed by atoms with van der Waals surface area (Å²) in [5, 5.41) is 0. The van der Waals surface area contributed by atoms with E-state index >= 15 is 0 Å². The average molecular weight is 427 g/mol. The molecular weight excluding hydrogens is 407 g/mol. The summed E-state index contributed by atoms with van der Waals surface area (Å²) in [6.07, 6.45) is 0. The maximum absolute atomic E-state index is 14.1. The van der Waals surface area contributed by atoms with Gasteiger partial charge in [-0.15, -0.1) is 0 Å². The van der Waals surface area contributed by atoms with Crippen molar-refractivity contribution in [2.75, 3.05) is 30.9 Å². The Labute approximate surface area is 168 Å². The van der Waals surface area contributed by atoms with E-state index in [2.05, 4.69) is 4.72 Å². The molecule has 2 aromatic carbocycles. The summed E-state index contributed by atoms with van der Waals surface area (Å²) >= 11 is -2.20. The summed E-state index contributed by atoms with van der Waals surface area (Å²) in [5.41, 5.74) is 0.511. The number of hydrogen-bond acceptors (Lipinski definition) is 3. The third-order valence-electron chi connectivity index (χ3n) is 4.98. The Kier molecular flexibility index (Phi) is 6.56. The maximum atomic E-state index is 14.1. The van der Waals surface area contributed by atoms with Crippen molar-refractivity contribution in [3.8, 4) is 0 Å². The number of amides is 1. The van der Waals surface area contributed by atoms with Crippen LogP contribution in [0.25, 0.3) is 0 Å². The minimum atomic E-state index is -2.20. The van der Waals surface area contributed by atoms with E-state index < -0.39 is 34.8 Å². The van der Waals surface area contributed by atoms with Crippen LogP contribution in [0.2, 0.25) is 0 Å². The van der Waals surface area contributed by atoms with E-state index in [1.807, 2.05) is 0 Å². The summed E-state index contributed by atoms with van der Waals surface area (Å²) in [6, 6.07) is 7.14. The zero-order valence-corrected chi connectivity index (χ0v) is 16.4. The van der Waals surface area contributed by atoms with E-state index in [1.165, 1.54) is 12.1 Å². The van der Waals surface area contributed by atoms with Gasteiger partial charge in [0, 0.05) is 49.0 Å². The van der Waals surface area contributed by atoms with Gasteiger partial charge in [-0.25, -0.2) is 17.4 Å². The zero-order chi connectivity index (χ0) is 21.1. The molecule has 0 bridgehead atoms. The molecule has 2 aromatic rings. The number of anilines is 1. The number of benzene rings is 2. The Morgan fingerprint density at radius 1 is 1.03 bits per heavy atom. The smallest absolute Gasteiger partial charge is 0.259 e. The predicted molar refractivity (Wildman–Crippen MR) is 103 cm³/mol. The topological polar surface area (TPSA) is 72.9 Å². The first-order valence-corrected chi connectivity index (χ1v) is 10.0. The quantitative estimate of drug-likeness (QED) is 0.568. The molecule has 1 amide bonds. The molecule has 1 fully saturated rings. The van der Waals surface area contributed by atoms with Crippen molar-refractivity contribution in [1.29, 1.82) is 0 Å². The van der Waals surface area contributed by atoms with Gasteiger partial charge in [-0.05, 0) is 43.3 Å². The van der Waals surface area contributed by atoms with Gasteiger partial charge in [0.05, 0.1) is 0 Å². The van der Waals surface area contributed by atoms with Crippen molar-refractivity contribution in [1.82, 2.24) is 9.80 Å². The van der Waals surface area contributed by atoms with Crippen LogP contribution in [0.15, 0.2) is 36.4 Å². The summed E-state index contributed by atoms with van der Waals surface area (Å²) in [6.45, 7) is 3.07. The molecule has 29 heavy (non-hydrogen) atoms. The average Bonchev–Trinajstić information content (AvgIpc) is 2.71. The van der Waals surface area contributed by atoms with Crippen molar-refractivity contribution in [2.24, 2.45) is 0 Å². The Morgan fingerprint density at radius 3 is 2.21 bits per heavy atom. The molecule has 10 heteroatoms. The lowest BCUT2D eigenvalue weighted by molar-refractivity contribution is 0.0575. The summed E-state index contributed by atoms with van der Waals surface area (Å²) in [7, 11) is 0. The molecule has 1 aliphatic heterocycles.